The molecule has 0 aliphatic rings. The van der Waals surface area contributed by atoms with Gasteiger partial charge in [0, 0.05) is 12.1 Å². The lowest BCUT2D eigenvalue weighted by Gasteiger charge is -1.85. The third-order valence-corrected chi connectivity index (χ3v) is 0.840. The molecule has 0 saturated heterocycles. The number of aromatic amines is 1. The number of rotatable bonds is 0. The molecule has 0 amide bonds. The summed E-state index contributed by atoms with van der Waals surface area (Å²) in [4.78, 5) is 11.0. The highest BCUT2D eigenvalue weighted by Crippen LogP contribution is 1.92. The Hall–Kier alpha value is -2.05. The second-order valence-electron chi connectivity index (χ2n) is 1.79. The molecular weight excluding hydrogens is 164 g/mol. The fourth-order valence-corrected chi connectivity index (χ4v) is 0.505. The van der Waals surface area contributed by atoms with Crippen molar-refractivity contribution in [2.45, 2.75) is 0 Å². The largest absolute Gasteiger partial charge is 0.356 e. The van der Waals surface area contributed by atoms with Crippen molar-refractivity contribution < 1.29 is 10.1 Å². The van der Waals surface area contributed by atoms with Gasteiger partial charge in [-0.15, -0.1) is 0 Å². The summed E-state index contributed by atoms with van der Waals surface area (Å²) in [5, 5.41) is 14.8. The van der Waals surface area contributed by atoms with E-state index in [0.717, 1.165) is 0 Å². The van der Waals surface area contributed by atoms with Gasteiger partial charge in [-0.1, -0.05) is 0 Å². The Kier molecular flexibility index (Phi) is 3.91. The molecule has 7 nitrogen and oxygen atoms in total. The molecule has 0 saturated carbocycles. The summed E-state index contributed by atoms with van der Waals surface area (Å²) in [5.74, 6) is 1.18. The lowest BCUT2D eigenvalue weighted by Crippen LogP contribution is -2.14. The maximum Gasteiger partial charge on any atom is 0.216 e. The quantitative estimate of drug-likeness (QED) is 0.399. The number of aromatic nitrogens is 1. The molecule has 1 aromatic heterocycles. The number of hydrogen-bond donors (Lipinski definition) is 2. The number of pyridine rings is 1. The van der Waals surface area contributed by atoms with Gasteiger partial charge >= 0.3 is 0 Å². The molecule has 7 heteroatoms. The Balaban J connectivity index is 0.000000261. The van der Waals surface area contributed by atoms with Crippen LogP contribution in [0, 0.1) is 15.3 Å². The molecule has 0 atom stereocenters. The molecule has 1 aromatic rings. The summed E-state index contributed by atoms with van der Waals surface area (Å²) in [6.07, 6.45) is 0. The van der Waals surface area contributed by atoms with Gasteiger partial charge in [0.1, 0.15) is 0 Å². The maximum atomic E-state index is 8.25. The van der Waals surface area contributed by atoms with Crippen molar-refractivity contribution in [3.8, 4) is 0 Å². The van der Waals surface area contributed by atoms with Crippen molar-refractivity contribution in [2.75, 3.05) is 11.5 Å². The molecule has 1 heterocycles. The molecule has 0 radical (unpaired) electrons. The molecule has 12 heavy (non-hydrogen) atoms. The number of anilines is 2. The van der Waals surface area contributed by atoms with Crippen LogP contribution in [0.5, 0.6) is 0 Å². The molecule has 0 aliphatic heterocycles. The van der Waals surface area contributed by atoms with Crippen LogP contribution >= 0.6 is 0 Å². The molecular formula is C5H8N4O3. The highest BCUT2D eigenvalue weighted by Gasteiger charge is 1.88. The van der Waals surface area contributed by atoms with Crippen LogP contribution in [0.2, 0.25) is 0 Å². The summed E-state index contributed by atoms with van der Waals surface area (Å²) < 4.78 is 0. The first-order valence-corrected chi connectivity index (χ1v) is 2.87. The van der Waals surface area contributed by atoms with Crippen LogP contribution in [-0.4, -0.2) is 5.09 Å². The molecule has 0 bridgehead atoms. The van der Waals surface area contributed by atoms with Gasteiger partial charge in [-0.2, -0.15) is 0 Å². The van der Waals surface area contributed by atoms with Gasteiger partial charge in [0.2, 0.25) is 11.6 Å². The van der Waals surface area contributed by atoms with Crippen molar-refractivity contribution in [1.82, 2.24) is 0 Å². The fourth-order valence-electron chi connectivity index (χ4n) is 0.505. The molecule has 0 aromatic carbocycles. The lowest BCUT2D eigenvalue weighted by molar-refractivity contribution is -0.402. The second-order valence-corrected chi connectivity index (χ2v) is 1.79. The molecule has 0 aliphatic carbocycles. The van der Waals surface area contributed by atoms with Gasteiger partial charge in [-0.05, 0) is 6.07 Å². The average Bonchev–Trinajstić information content (AvgIpc) is 1.84. The smallest absolute Gasteiger partial charge is 0.216 e. The van der Waals surface area contributed by atoms with Crippen LogP contribution in [0.25, 0.3) is 0 Å². The van der Waals surface area contributed by atoms with Crippen LogP contribution in [0.3, 0.4) is 0 Å². The molecule has 0 unspecified atom stereocenters. The summed E-state index contributed by atoms with van der Waals surface area (Å²) in [7, 11) is 0. The van der Waals surface area contributed by atoms with E-state index in [1.54, 1.807) is 18.2 Å². The van der Waals surface area contributed by atoms with Crippen LogP contribution in [0.15, 0.2) is 18.2 Å². The third kappa shape index (κ3) is 6.08. The molecule has 1 rings (SSSR count). The van der Waals surface area contributed by atoms with E-state index >= 15 is 0 Å². The van der Waals surface area contributed by atoms with E-state index < -0.39 is 5.09 Å². The highest BCUT2D eigenvalue weighted by atomic mass is 16.9. The maximum absolute atomic E-state index is 8.25. The van der Waals surface area contributed by atoms with Crippen LogP contribution in [0.4, 0.5) is 11.6 Å². The van der Waals surface area contributed by atoms with E-state index in [4.69, 9.17) is 26.8 Å². The minimum Gasteiger partial charge on any atom is -0.356 e. The predicted octanol–water partition coefficient (Wildman–Crippen LogP) is -0.574. The number of nitrogens with one attached hydrogen (secondary N) is 1. The van der Waals surface area contributed by atoms with Gasteiger partial charge in [-0.25, -0.2) is 4.98 Å². The van der Waals surface area contributed by atoms with Gasteiger partial charge < -0.3 is 26.8 Å². The Labute approximate surface area is 67.7 Å². The summed E-state index contributed by atoms with van der Waals surface area (Å²) in [5.41, 5.74) is 10.6. The van der Waals surface area contributed by atoms with Gasteiger partial charge in [0.05, 0.1) is 5.09 Å². The third-order valence-electron chi connectivity index (χ3n) is 0.840. The van der Waals surface area contributed by atoms with Gasteiger partial charge in [0.15, 0.2) is 0 Å². The van der Waals surface area contributed by atoms with Crippen molar-refractivity contribution in [3.63, 3.8) is 0 Å². The number of H-pyrrole nitrogens is 1. The number of nitrogens with two attached hydrogens (primary N) is 2. The molecule has 0 spiro atoms. The zero-order valence-electron chi connectivity index (χ0n) is 6.06. The van der Waals surface area contributed by atoms with E-state index in [9.17, 15) is 0 Å². The number of hydrogen-bond acceptors (Lipinski definition) is 5. The molecule has 0 fully saturated rings. The zero-order valence-corrected chi connectivity index (χ0v) is 6.06. The summed E-state index contributed by atoms with van der Waals surface area (Å²) >= 11 is 0. The second kappa shape index (κ2) is 4.72. The Morgan fingerprint density at radius 1 is 1.25 bits per heavy atom. The van der Waals surface area contributed by atoms with Crippen molar-refractivity contribution in [2.24, 2.45) is 0 Å². The van der Waals surface area contributed by atoms with Crippen molar-refractivity contribution in [1.29, 1.82) is 0 Å². The Morgan fingerprint density at radius 3 is 1.75 bits per heavy atom. The standard InChI is InChI=1S/C5H7N3.NO3/c6-4-2-1-3-5(7)8-4;2-1(3)4/h1-3H,(H4,6,7,8);/q;-1/p+1. The van der Waals surface area contributed by atoms with Gasteiger partial charge in [0.25, 0.3) is 0 Å². The zero-order chi connectivity index (χ0) is 9.56. The monoisotopic (exact) mass is 172 g/mol. The van der Waals surface area contributed by atoms with E-state index in [1.807, 2.05) is 0 Å². The summed E-state index contributed by atoms with van der Waals surface area (Å²) in [6.45, 7) is 0. The first-order valence-electron chi connectivity index (χ1n) is 2.87. The average molecular weight is 172 g/mol. The van der Waals surface area contributed by atoms with E-state index in [-0.39, 0.29) is 0 Å². The van der Waals surface area contributed by atoms with E-state index in [0.29, 0.717) is 11.6 Å². The topological polar surface area (TPSA) is 132 Å². The summed E-state index contributed by atoms with van der Waals surface area (Å²) in [6, 6.07) is 5.29. The fraction of sp³-hybridized carbons (Fsp3) is 0. The SMILES string of the molecule is Nc1cccc(N)[nH+]1.O=[N+]([O-])[O-]. The number of nitrogens with zero attached hydrogens (tertiary/aromatic N) is 1. The van der Waals surface area contributed by atoms with E-state index in [1.165, 1.54) is 0 Å². The Morgan fingerprint density at radius 2 is 1.58 bits per heavy atom. The van der Waals surface area contributed by atoms with Crippen LogP contribution in [0.1, 0.15) is 0 Å². The minimum absolute atomic E-state index is 0.588. The first kappa shape index (κ1) is 9.95. The van der Waals surface area contributed by atoms with Crippen molar-refractivity contribution >= 4 is 11.6 Å². The lowest BCUT2D eigenvalue weighted by atomic mass is 10.4. The highest BCUT2D eigenvalue weighted by molar-refractivity contribution is 5.28. The minimum atomic E-state index is -1.75. The first-order chi connectivity index (χ1) is 5.52. The number of nitrogen functional groups attached to an aromatic ring is 2. The molecule has 66 valence electrons. The van der Waals surface area contributed by atoms with Crippen LogP contribution in [-0.2, 0) is 0 Å². The molecule has 5 N–H and O–H groups in total. The van der Waals surface area contributed by atoms with E-state index in [2.05, 4.69) is 4.98 Å². The Bertz CT molecular complexity index is 243. The normalized spacial score (nSPS) is 8.00. The van der Waals surface area contributed by atoms with Gasteiger partial charge in [-0.3, -0.25) is 0 Å². The van der Waals surface area contributed by atoms with Crippen LogP contribution < -0.4 is 16.5 Å². The van der Waals surface area contributed by atoms with Crippen molar-refractivity contribution in [3.05, 3.63) is 33.5 Å². The predicted molar refractivity (Wildman–Crippen MR) is 42.2 cm³/mol.